The summed E-state index contributed by atoms with van der Waals surface area (Å²) >= 11 is 0. The first-order valence-electron chi connectivity index (χ1n) is 8.78. The lowest BCUT2D eigenvalue weighted by Crippen LogP contribution is -2.46. The number of anilines is 1. The van der Waals surface area contributed by atoms with Crippen LogP contribution in [0.5, 0.6) is 0 Å². The highest BCUT2D eigenvalue weighted by Gasteiger charge is 2.23. The van der Waals surface area contributed by atoms with Gasteiger partial charge in [0.2, 0.25) is 11.8 Å². The highest BCUT2D eigenvalue weighted by atomic mass is 16.2. The molecule has 1 fully saturated rings. The lowest BCUT2D eigenvalue weighted by molar-refractivity contribution is -0.124. The fourth-order valence-electron chi connectivity index (χ4n) is 3.17. The van der Waals surface area contributed by atoms with E-state index in [4.69, 9.17) is 0 Å². The Hall–Kier alpha value is -1.88. The maximum Gasteiger partial charge on any atom is 0.238 e. The first kappa shape index (κ1) is 18.5. The minimum absolute atomic E-state index is 0.000569. The summed E-state index contributed by atoms with van der Waals surface area (Å²) in [5.41, 5.74) is 1.93. The van der Waals surface area contributed by atoms with Gasteiger partial charge in [-0.2, -0.15) is 0 Å². The number of hydrogen-bond acceptors (Lipinski definition) is 3. The van der Waals surface area contributed by atoms with Gasteiger partial charge in [-0.15, -0.1) is 0 Å². The van der Waals surface area contributed by atoms with Crippen LogP contribution in [0, 0.1) is 12.8 Å². The Bertz CT molecular complexity index is 556. The van der Waals surface area contributed by atoms with Crippen LogP contribution in [0.1, 0.15) is 38.2 Å². The van der Waals surface area contributed by atoms with Crippen molar-refractivity contribution in [2.24, 2.45) is 5.92 Å². The number of carbonyl (C=O) groups is 2. The molecule has 0 saturated heterocycles. The predicted octanol–water partition coefficient (Wildman–Crippen LogP) is 2.56. The zero-order valence-electron chi connectivity index (χ0n) is 15.0. The molecule has 2 N–H and O–H groups in total. The zero-order chi connectivity index (χ0) is 17.5. The second kappa shape index (κ2) is 8.83. The van der Waals surface area contributed by atoms with Gasteiger partial charge >= 0.3 is 0 Å². The Morgan fingerprint density at radius 3 is 2.38 bits per heavy atom. The SMILES string of the molecule is Cc1ccc(NC(=O)CN(C)CC(=O)N[C@@H]2CCCC[C@H]2C)cc1. The summed E-state index contributed by atoms with van der Waals surface area (Å²) in [4.78, 5) is 25.9. The van der Waals surface area contributed by atoms with Crippen LogP contribution in [0.2, 0.25) is 0 Å². The number of carbonyl (C=O) groups excluding carboxylic acids is 2. The van der Waals surface area contributed by atoms with Gasteiger partial charge in [-0.25, -0.2) is 0 Å². The number of benzene rings is 1. The molecule has 0 bridgehead atoms. The van der Waals surface area contributed by atoms with E-state index < -0.39 is 0 Å². The van der Waals surface area contributed by atoms with E-state index in [9.17, 15) is 9.59 Å². The fraction of sp³-hybridized carbons (Fsp3) is 0.579. The van der Waals surface area contributed by atoms with Crippen LogP contribution in [0.3, 0.4) is 0 Å². The van der Waals surface area contributed by atoms with Gasteiger partial charge in [-0.3, -0.25) is 14.5 Å². The van der Waals surface area contributed by atoms with E-state index in [0.717, 1.165) is 17.7 Å². The first-order valence-corrected chi connectivity index (χ1v) is 8.78. The van der Waals surface area contributed by atoms with Gasteiger partial charge in [-0.05, 0) is 44.9 Å². The summed E-state index contributed by atoms with van der Waals surface area (Å²) in [5.74, 6) is 0.428. The van der Waals surface area contributed by atoms with Crippen LogP contribution in [0.25, 0.3) is 0 Å². The molecule has 1 aromatic rings. The first-order chi connectivity index (χ1) is 11.4. The summed E-state index contributed by atoms with van der Waals surface area (Å²) < 4.78 is 0. The number of rotatable bonds is 6. The lowest BCUT2D eigenvalue weighted by atomic mass is 9.86. The minimum Gasteiger partial charge on any atom is -0.352 e. The summed E-state index contributed by atoms with van der Waals surface area (Å²) in [5, 5.41) is 5.97. The molecule has 132 valence electrons. The molecule has 0 spiro atoms. The third-order valence-electron chi connectivity index (χ3n) is 4.62. The van der Waals surface area contributed by atoms with Gasteiger partial charge in [0.05, 0.1) is 13.1 Å². The third-order valence-corrected chi connectivity index (χ3v) is 4.62. The molecule has 5 heteroatoms. The molecular weight excluding hydrogens is 302 g/mol. The highest BCUT2D eigenvalue weighted by Crippen LogP contribution is 2.23. The molecule has 1 aromatic carbocycles. The Labute approximate surface area is 144 Å². The average molecular weight is 331 g/mol. The second-order valence-corrected chi connectivity index (χ2v) is 7.02. The lowest BCUT2D eigenvalue weighted by Gasteiger charge is -2.30. The Kier molecular flexibility index (Phi) is 6.79. The molecule has 0 heterocycles. The standard InChI is InChI=1S/C19H29N3O2/c1-14-8-10-16(11-9-14)20-18(23)12-22(3)13-19(24)21-17-7-5-4-6-15(17)2/h8-11,15,17H,4-7,12-13H2,1-3H3,(H,20,23)(H,21,24)/t15-,17-/m1/s1. The second-order valence-electron chi connectivity index (χ2n) is 7.02. The van der Waals surface area contributed by atoms with Gasteiger partial charge in [0, 0.05) is 11.7 Å². The van der Waals surface area contributed by atoms with Crippen molar-refractivity contribution in [1.82, 2.24) is 10.2 Å². The van der Waals surface area contributed by atoms with E-state index in [0.29, 0.717) is 5.92 Å². The third kappa shape index (κ3) is 5.96. The van der Waals surface area contributed by atoms with Gasteiger partial charge in [-0.1, -0.05) is 37.5 Å². The Morgan fingerprint density at radius 1 is 1.08 bits per heavy atom. The molecule has 2 rings (SSSR count). The summed E-state index contributed by atoms with van der Waals surface area (Å²) in [7, 11) is 1.79. The molecule has 0 aromatic heterocycles. The van der Waals surface area contributed by atoms with Crippen LogP contribution >= 0.6 is 0 Å². The quantitative estimate of drug-likeness (QED) is 0.842. The Balaban J connectivity index is 1.73. The molecule has 0 radical (unpaired) electrons. The van der Waals surface area contributed by atoms with Crippen LogP contribution in [-0.4, -0.2) is 42.9 Å². The maximum absolute atomic E-state index is 12.2. The molecule has 1 aliphatic rings. The molecule has 24 heavy (non-hydrogen) atoms. The highest BCUT2D eigenvalue weighted by molar-refractivity contribution is 5.92. The number of aryl methyl sites for hydroxylation is 1. The fourth-order valence-corrected chi connectivity index (χ4v) is 3.17. The normalized spacial score (nSPS) is 20.7. The van der Waals surface area contributed by atoms with Gasteiger partial charge in [0.25, 0.3) is 0 Å². The Morgan fingerprint density at radius 2 is 1.71 bits per heavy atom. The monoisotopic (exact) mass is 331 g/mol. The smallest absolute Gasteiger partial charge is 0.238 e. The summed E-state index contributed by atoms with van der Waals surface area (Å²) in [6.07, 6.45) is 4.68. The van der Waals surface area contributed by atoms with Crippen molar-refractivity contribution in [3.8, 4) is 0 Å². The van der Waals surface area contributed by atoms with Gasteiger partial charge in [0.1, 0.15) is 0 Å². The van der Waals surface area contributed by atoms with Crippen LogP contribution in [-0.2, 0) is 9.59 Å². The van der Waals surface area contributed by atoms with Gasteiger partial charge in [0.15, 0.2) is 0 Å². The van der Waals surface area contributed by atoms with Crippen molar-refractivity contribution in [3.63, 3.8) is 0 Å². The minimum atomic E-state index is -0.111. The molecule has 2 amide bonds. The number of nitrogens with one attached hydrogen (secondary N) is 2. The van der Waals surface area contributed by atoms with Crippen LogP contribution in [0.4, 0.5) is 5.69 Å². The molecule has 0 aliphatic heterocycles. The van der Waals surface area contributed by atoms with E-state index in [1.807, 2.05) is 31.2 Å². The number of likely N-dealkylation sites (N-methyl/N-ethyl adjacent to an activating group) is 1. The maximum atomic E-state index is 12.2. The summed E-state index contributed by atoms with van der Waals surface area (Å²) in [6.45, 7) is 4.64. The van der Waals surface area contributed by atoms with Crippen LogP contribution in [0.15, 0.2) is 24.3 Å². The van der Waals surface area contributed by atoms with E-state index >= 15 is 0 Å². The molecule has 1 aliphatic carbocycles. The summed E-state index contributed by atoms with van der Waals surface area (Å²) in [6, 6.07) is 7.95. The van der Waals surface area contributed by atoms with Crippen molar-refractivity contribution in [2.75, 3.05) is 25.5 Å². The molecule has 0 unspecified atom stereocenters. The molecule has 2 atom stereocenters. The van der Waals surface area contributed by atoms with Crippen molar-refractivity contribution < 1.29 is 9.59 Å². The topological polar surface area (TPSA) is 61.4 Å². The molecule has 1 saturated carbocycles. The van der Waals surface area contributed by atoms with Crippen molar-refractivity contribution in [2.45, 2.75) is 45.6 Å². The van der Waals surface area contributed by atoms with Crippen molar-refractivity contribution in [1.29, 1.82) is 0 Å². The van der Waals surface area contributed by atoms with E-state index in [-0.39, 0.29) is 30.9 Å². The molecule has 5 nitrogen and oxygen atoms in total. The van der Waals surface area contributed by atoms with Gasteiger partial charge < -0.3 is 10.6 Å². The van der Waals surface area contributed by atoms with E-state index in [1.165, 1.54) is 19.3 Å². The van der Waals surface area contributed by atoms with Crippen LogP contribution < -0.4 is 10.6 Å². The number of amides is 2. The van der Waals surface area contributed by atoms with Crippen molar-refractivity contribution >= 4 is 17.5 Å². The van der Waals surface area contributed by atoms with E-state index in [2.05, 4.69) is 17.6 Å². The average Bonchev–Trinajstić information content (AvgIpc) is 2.51. The van der Waals surface area contributed by atoms with E-state index in [1.54, 1.807) is 11.9 Å². The number of nitrogens with zero attached hydrogens (tertiary/aromatic N) is 1. The van der Waals surface area contributed by atoms with Crippen molar-refractivity contribution in [3.05, 3.63) is 29.8 Å². The number of hydrogen-bond donors (Lipinski definition) is 2. The zero-order valence-corrected chi connectivity index (χ0v) is 15.0. The molecular formula is C19H29N3O2. The largest absolute Gasteiger partial charge is 0.352 e. The predicted molar refractivity (Wildman–Crippen MR) is 96.9 cm³/mol.